The van der Waals surface area contributed by atoms with E-state index >= 15 is 0 Å². The molecule has 0 aliphatic heterocycles. The molecule has 2 rings (SSSR count). The van der Waals surface area contributed by atoms with E-state index in [4.69, 9.17) is 4.74 Å². The second-order valence-corrected chi connectivity index (χ2v) is 4.16. The monoisotopic (exact) mass is 249 g/mol. The SMILES string of the molecule is COCCNCc1cn(Cc2nccn2C)cn1. The van der Waals surface area contributed by atoms with Crippen molar-refractivity contribution >= 4 is 0 Å². The lowest BCUT2D eigenvalue weighted by Gasteiger charge is -2.02. The van der Waals surface area contributed by atoms with Gasteiger partial charge in [0.05, 0.1) is 25.2 Å². The molecule has 2 aromatic heterocycles. The number of imidazole rings is 2. The average Bonchev–Trinajstić information content (AvgIpc) is 2.96. The van der Waals surface area contributed by atoms with E-state index in [2.05, 4.69) is 15.3 Å². The highest BCUT2D eigenvalue weighted by Crippen LogP contribution is 2.01. The van der Waals surface area contributed by atoms with Crippen LogP contribution in [0, 0.1) is 0 Å². The smallest absolute Gasteiger partial charge is 0.128 e. The first-order valence-corrected chi connectivity index (χ1v) is 5.96. The Kier molecular flexibility index (Phi) is 4.49. The van der Waals surface area contributed by atoms with Crippen LogP contribution in [-0.2, 0) is 24.9 Å². The molecule has 0 atom stereocenters. The molecule has 0 fully saturated rings. The molecule has 2 heterocycles. The van der Waals surface area contributed by atoms with Crippen molar-refractivity contribution in [3.05, 3.63) is 36.4 Å². The predicted octanol–water partition coefficient (Wildman–Crippen LogP) is 0.401. The highest BCUT2D eigenvalue weighted by Gasteiger charge is 2.02. The normalized spacial score (nSPS) is 11.0. The number of aryl methyl sites for hydroxylation is 1. The number of nitrogens with zero attached hydrogens (tertiary/aromatic N) is 4. The lowest BCUT2D eigenvalue weighted by atomic mass is 10.4. The zero-order valence-electron chi connectivity index (χ0n) is 10.8. The summed E-state index contributed by atoms with van der Waals surface area (Å²) in [5.74, 6) is 1.02. The lowest BCUT2D eigenvalue weighted by molar-refractivity contribution is 0.199. The number of methoxy groups -OCH3 is 1. The third-order valence-corrected chi connectivity index (χ3v) is 2.72. The minimum atomic E-state index is 0.716. The Morgan fingerprint density at radius 3 is 3.00 bits per heavy atom. The summed E-state index contributed by atoms with van der Waals surface area (Å²) in [6.07, 6.45) is 7.62. The summed E-state index contributed by atoms with van der Waals surface area (Å²) in [6.45, 7) is 3.06. The molecule has 0 bridgehead atoms. The molecule has 0 spiro atoms. The van der Waals surface area contributed by atoms with Crippen LogP contribution < -0.4 is 5.32 Å². The third kappa shape index (κ3) is 3.41. The molecule has 0 saturated heterocycles. The van der Waals surface area contributed by atoms with Gasteiger partial charge in [-0.15, -0.1) is 0 Å². The van der Waals surface area contributed by atoms with Gasteiger partial charge in [0.2, 0.25) is 0 Å². The summed E-state index contributed by atoms with van der Waals surface area (Å²) in [5.41, 5.74) is 1.03. The maximum Gasteiger partial charge on any atom is 0.128 e. The maximum atomic E-state index is 4.97. The fraction of sp³-hybridized carbons (Fsp3) is 0.500. The number of hydrogen-bond acceptors (Lipinski definition) is 4. The standard InChI is InChI=1S/C12H19N5O/c1-16-5-3-14-12(16)9-17-8-11(15-10-17)7-13-4-6-18-2/h3,5,8,10,13H,4,6-7,9H2,1-2H3. The minimum absolute atomic E-state index is 0.716. The lowest BCUT2D eigenvalue weighted by Crippen LogP contribution is -2.18. The Morgan fingerprint density at radius 1 is 1.39 bits per heavy atom. The summed E-state index contributed by atoms with van der Waals surface area (Å²) in [6, 6.07) is 0. The van der Waals surface area contributed by atoms with Gasteiger partial charge in [0, 0.05) is 45.8 Å². The minimum Gasteiger partial charge on any atom is -0.383 e. The van der Waals surface area contributed by atoms with Crippen molar-refractivity contribution in [2.45, 2.75) is 13.1 Å². The summed E-state index contributed by atoms with van der Waals surface area (Å²) < 4.78 is 9.02. The van der Waals surface area contributed by atoms with Gasteiger partial charge in [-0.05, 0) is 0 Å². The Morgan fingerprint density at radius 2 is 2.28 bits per heavy atom. The van der Waals surface area contributed by atoms with Crippen LogP contribution in [0.5, 0.6) is 0 Å². The molecule has 0 radical (unpaired) electrons. The van der Waals surface area contributed by atoms with E-state index < -0.39 is 0 Å². The molecule has 0 aliphatic rings. The van der Waals surface area contributed by atoms with Crippen LogP contribution in [0.25, 0.3) is 0 Å². The van der Waals surface area contributed by atoms with Gasteiger partial charge in [-0.1, -0.05) is 0 Å². The van der Waals surface area contributed by atoms with Crippen LogP contribution in [0.4, 0.5) is 0 Å². The van der Waals surface area contributed by atoms with Gasteiger partial charge in [-0.2, -0.15) is 0 Å². The van der Waals surface area contributed by atoms with Crippen molar-refractivity contribution in [3.63, 3.8) is 0 Å². The Labute approximate surface area is 107 Å². The zero-order valence-corrected chi connectivity index (χ0v) is 10.8. The first-order chi connectivity index (χ1) is 8.79. The van der Waals surface area contributed by atoms with Crippen LogP contribution in [0.3, 0.4) is 0 Å². The molecule has 6 heteroatoms. The van der Waals surface area contributed by atoms with Gasteiger partial charge < -0.3 is 19.2 Å². The summed E-state index contributed by atoms with van der Waals surface area (Å²) in [4.78, 5) is 8.64. The number of nitrogens with one attached hydrogen (secondary N) is 1. The van der Waals surface area contributed by atoms with Crippen LogP contribution in [0.2, 0.25) is 0 Å². The Balaban J connectivity index is 1.84. The van der Waals surface area contributed by atoms with E-state index in [1.54, 1.807) is 13.3 Å². The first-order valence-electron chi connectivity index (χ1n) is 5.96. The van der Waals surface area contributed by atoms with E-state index in [1.807, 2.05) is 34.9 Å². The van der Waals surface area contributed by atoms with Crippen LogP contribution in [-0.4, -0.2) is 39.4 Å². The van der Waals surface area contributed by atoms with E-state index in [9.17, 15) is 0 Å². The molecule has 98 valence electrons. The molecule has 6 nitrogen and oxygen atoms in total. The van der Waals surface area contributed by atoms with Crippen molar-refractivity contribution in [1.82, 2.24) is 24.4 Å². The largest absolute Gasteiger partial charge is 0.383 e. The van der Waals surface area contributed by atoms with Crippen LogP contribution in [0.1, 0.15) is 11.5 Å². The number of ether oxygens (including phenoxy) is 1. The second kappa shape index (κ2) is 6.32. The van der Waals surface area contributed by atoms with Gasteiger partial charge >= 0.3 is 0 Å². The van der Waals surface area contributed by atoms with Gasteiger partial charge in [-0.25, -0.2) is 9.97 Å². The zero-order chi connectivity index (χ0) is 12.8. The van der Waals surface area contributed by atoms with Gasteiger partial charge in [0.25, 0.3) is 0 Å². The van der Waals surface area contributed by atoms with E-state index in [0.717, 1.165) is 31.2 Å². The van der Waals surface area contributed by atoms with Crippen LogP contribution in [0.15, 0.2) is 24.9 Å². The number of rotatable bonds is 7. The van der Waals surface area contributed by atoms with Gasteiger partial charge in [0.15, 0.2) is 0 Å². The van der Waals surface area contributed by atoms with Gasteiger partial charge in [-0.3, -0.25) is 0 Å². The molecular formula is C12H19N5O. The molecule has 0 amide bonds. The van der Waals surface area contributed by atoms with Crippen molar-refractivity contribution in [2.75, 3.05) is 20.3 Å². The topological polar surface area (TPSA) is 56.9 Å². The molecule has 0 aromatic carbocycles. The second-order valence-electron chi connectivity index (χ2n) is 4.16. The first kappa shape index (κ1) is 12.8. The van der Waals surface area contributed by atoms with Crippen molar-refractivity contribution in [1.29, 1.82) is 0 Å². The van der Waals surface area contributed by atoms with E-state index in [1.165, 1.54) is 0 Å². The van der Waals surface area contributed by atoms with E-state index in [0.29, 0.717) is 6.61 Å². The Hall–Kier alpha value is -1.66. The van der Waals surface area contributed by atoms with Crippen molar-refractivity contribution < 1.29 is 4.74 Å². The number of hydrogen-bond donors (Lipinski definition) is 1. The fourth-order valence-electron chi connectivity index (χ4n) is 1.69. The molecule has 0 unspecified atom stereocenters. The predicted molar refractivity (Wildman–Crippen MR) is 68.1 cm³/mol. The van der Waals surface area contributed by atoms with Crippen LogP contribution >= 0.6 is 0 Å². The maximum absolute atomic E-state index is 4.97. The molecule has 1 N–H and O–H groups in total. The highest BCUT2D eigenvalue weighted by atomic mass is 16.5. The highest BCUT2D eigenvalue weighted by molar-refractivity contribution is 4.99. The Bertz CT molecular complexity index is 476. The number of aromatic nitrogens is 4. The third-order valence-electron chi connectivity index (χ3n) is 2.72. The molecule has 0 saturated carbocycles. The fourth-order valence-corrected chi connectivity index (χ4v) is 1.69. The summed E-state index contributed by atoms with van der Waals surface area (Å²) in [7, 11) is 3.69. The van der Waals surface area contributed by atoms with E-state index in [-0.39, 0.29) is 0 Å². The molecule has 2 aromatic rings. The molecule has 18 heavy (non-hydrogen) atoms. The molecular weight excluding hydrogens is 230 g/mol. The molecule has 0 aliphatic carbocycles. The van der Waals surface area contributed by atoms with Crippen molar-refractivity contribution in [3.8, 4) is 0 Å². The quantitative estimate of drug-likeness (QED) is 0.722. The summed E-state index contributed by atoms with van der Waals surface area (Å²) >= 11 is 0. The van der Waals surface area contributed by atoms with Crippen molar-refractivity contribution in [2.24, 2.45) is 7.05 Å². The average molecular weight is 249 g/mol. The van der Waals surface area contributed by atoms with Gasteiger partial charge in [0.1, 0.15) is 5.82 Å². The summed E-state index contributed by atoms with van der Waals surface area (Å²) in [5, 5.41) is 3.26.